The molecule has 2 amide bonds. The van der Waals surface area contributed by atoms with E-state index in [9.17, 15) is 9.59 Å². The first-order chi connectivity index (χ1) is 16.1. The van der Waals surface area contributed by atoms with Crippen LogP contribution in [0.1, 0.15) is 34.8 Å². The van der Waals surface area contributed by atoms with Crippen LogP contribution in [0.15, 0.2) is 53.3 Å². The second-order valence-corrected chi connectivity index (χ2v) is 7.81. The quantitative estimate of drug-likeness (QED) is 0.434. The fraction of sp³-hybridized carbons (Fsp3) is 0.261. The molecule has 4 heterocycles. The number of fused-ring (bicyclic) bond motifs is 1. The van der Waals surface area contributed by atoms with Crippen LogP contribution in [-0.2, 0) is 16.1 Å². The van der Waals surface area contributed by atoms with Gasteiger partial charge in [0.05, 0.1) is 6.20 Å². The van der Waals surface area contributed by atoms with Crippen LogP contribution in [0.3, 0.4) is 0 Å². The summed E-state index contributed by atoms with van der Waals surface area (Å²) in [7, 11) is 0. The van der Waals surface area contributed by atoms with Crippen LogP contribution < -0.4 is 5.32 Å². The van der Waals surface area contributed by atoms with Gasteiger partial charge in [-0.25, -0.2) is 4.98 Å². The van der Waals surface area contributed by atoms with Crippen molar-refractivity contribution < 1.29 is 18.8 Å². The minimum Gasteiger partial charge on any atom is -0.358 e. The summed E-state index contributed by atoms with van der Waals surface area (Å²) in [4.78, 5) is 34.5. The third-order valence-electron chi connectivity index (χ3n) is 5.59. The van der Waals surface area contributed by atoms with Crippen molar-refractivity contribution in [1.82, 2.24) is 24.4 Å². The summed E-state index contributed by atoms with van der Waals surface area (Å²) < 4.78 is 12.6. The van der Waals surface area contributed by atoms with E-state index >= 15 is 0 Å². The van der Waals surface area contributed by atoms with E-state index in [2.05, 4.69) is 20.4 Å². The molecular weight excluding hydrogens is 424 g/mol. The smallest absolute Gasteiger partial charge is 0.274 e. The molecule has 1 fully saturated rings. The van der Waals surface area contributed by atoms with Gasteiger partial charge < -0.3 is 19.5 Å². The Morgan fingerprint density at radius 3 is 3.06 bits per heavy atom. The Morgan fingerprint density at radius 2 is 2.24 bits per heavy atom. The Bertz CT molecular complexity index is 1310. The van der Waals surface area contributed by atoms with Crippen molar-refractivity contribution >= 4 is 23.7 Å². The number of carbonyl (C=O) groups is 2. The van der Waals surface area contributed by atoms with Crippen LogP contribution in [0.4, 0.5) is 5.69 Å². The predicted octanol–water partition coefficient (Wildman–Crippen LogP) is 3.04. The van der Waals surface area contributed by atoms with Gasteiger partial charge in [0, 0.05) is 24.1 Å². The lowest BCUT2D eigenvalue weighted by Crippen LogP contribution is -2.33. The minimum absolute atomic E-state index is 0.172. The monoisotopic (exact) mass is 446 g/mol. The summed E-state index contributed by atoms with van der Waals surface area (Å²) in [6.07, 6.45) is 5.51. The Balaban J connectivity index is 1.34. The number of hydrogen-bond donors (Lipinski definition) is 1. The van der Waals surface area contributed by atoms with Gasteiger partial charge in [0.2, 0.25) is 18.1 Å². The lowest BCUT2D eigenvalue weighted by molar-refractivity contribution is -0.130. The molecule has 0 aliphatic carbocycles. The predicted molar refractivity (Wildman–Crippen MR) is 118 cm³/mol. The highest BCUT2D eigenvalue weighted by molar-refractivity contribution is 6.04. The Kier molecular flexibility index (Phi) is 5.57. The zero-order chi connectivity index (χ0) is 22.8. The zero-order valence-electron chi connectivity index (χ0n) is 18.0. The average Bonchev–Trinajstić information content (AvgIpc) is 3.59. The fourth-order valence-electron chi connectivity index (χ4n) is 3.80. The molecule has 0 saturated carbocycles. The van der Waals surface area contributed by atoms with E-state index < -0.39 is 0 Å². The molecule has 1 saturated heterocycles. The summed E-state index contributed by atoms with van der Waals surface area (Å²) in [5.74, 6) is 0.402. The van der Waals surface area contributed by atoms with E-state index in [1.165, 1.54) is 4.90 Å². The van der Waals surface area contributed by atoms with Gasteiger partial charge in [0.1, 0.15) is 24.1 Å². The molecule has 0 radical (unpaired) electrons. The highest BCUT2D eigenvalue weighted by atomic mass is 16.5. The molecule has 1 N–H and O–H groups in total. The van der Waals surface area contributed by atoms with Gasteiger partial charge in [0.25, 0.3) is 5.91 Å². The van der Waals surface area contributed by atoms with E-state index in [0.717, 1.165) is 24.8 Å². The number of aromatic nitrogens is 4. The van der Waals surface area contributed by atoms with Gasteiger partial charge >= 0.3 is 0 Å². The fourth-order valence-corrected chi connectivity index (χ4v) is 3.80. The molecule has 0 spiro atoms. The molecule has 10 nitrogen and oxygen atoms in total. The SMILES string of the molecule is Cc1ccc(-c2noc(CN(C=O)[C@@H]3CCCO3)n2)cc1NC(=O)c1cnc2ccccn12. The van der Waals surface area contributed by atoms with Gasteiger partial charge in [-0.05, 0) is 43.5 Å². The van der Waals surface area contributed by atoms with Crippen LogP contribution in [-0.4, -0.2) is 49.6 Å². The van der Waals surface area contributed by atoms with Crippen LogP contribution in [0.25, 0.3) is 17.0 Å². The highest BCUT2D eigenvalue weighted by Gasteiger charge is 2.24. The van der Waals surface area contributed by atoms with Crippen LogP contribution >= 0.6 is 0 Å². The molecule has 1 aliphatic rings. The van der Waals surface area contributed by atoms with Crippen molar-refractivity contribution in [3.05, 3.63) is 65.9 Å². The summed E-state index contributed by atoms with van der Waals surface area (Å²) in [5.41, 5.74) is 3.32. The highest BCUT2D eigenvalue weighted by Crippen LogP contribution is 2.25. The van der Waals surface area contributed by atoms with Gasteiger partial charge in [-0.2, -0.15) is 4.98 Å². The Hall–Kier alpha value is -4.05. The van der Waals surface area contributed by atoms with Gasteiger partial charge in [-0.3, -0.25) is 14.0 Å². The van der Waals surface area contributed by atoms with Crippen molar-refractivity contribution in [2.24, 2.45) is 0 Å². The maximum Gasteiger partial charge on any atom is 0.274 e. The van der Waals surface area contributed by atoms with E-state index in [1.54, 1.807) is 22.9 Å². The largest absolute Gasteiger partial charge is 0.358 e. The standard InChI is InChI=1S/C23H22N6O4/c1-15-7-8-16(22-26-20(33-27-22)13-28(14-30)21-6-4-10-32-21)11-17(15)25-23(31)18-12-24-19-5-2-3-9-29(18)19/h2-3,5,7-9,11-12,14,21H,4,6,10,13H2,1H3,(H,25,31)/t21-/m0/s1. The molecule has 0 bridgehead atoms. The number of anilines is 1. The normalized spacial score (nSPS) is 15.6. The first-order valence-electron chi connectivity index (χ1n) is 10.6. The maximum absolute atomic E-state index is 12.9. The number of imidazole rings is 1. The number of amides is 2. The molecular formula is C23H22N6O4. The number of ether oxygens (including phenoxy) is 1. The summed E-state index contributed by atoms with van der Waals surface area (Å²) >= 11 is 0. The lowest BCUT2D eigenvalue weighted by atomic mass is 10.1. The summed E-state index contributed by atoms with van der Waals surface area (Å²) in [5, 5.41) is 6.99. The number of pyridine rings is 1. The van der Waals surface area contributed by atoms with Gasteiger partial charge in [-0.1, -0.05) is 23.4 Å². The molecule has 1 aliphatic heterocycles. The van der Waals surface area contributed by atoms with E-state index in [4.69, 9.17) is 9.26 Å². The topological polar surface area (TPSA) is 115 Å². The first-order valence-corrected chi connectivity index (χ1v) is 10.6. The Labute approximate surface area is 189 Å². The van der Waals surface area contributed by atoms with Crippen LogP contribution in [0.5, 0.6) is 0 Å². The van der Waals surface area contributed by atoms with Crippen molar-refractivity contribution in [1.29, 1.82) is 0 Å². The minimum atomic E-state index is -0.277. The van der Waals surface area contributed by atoms with E-state index in [-0.39, 0.29) is 18.7 Å². The molecule has 5 rings (SSSR count). The Morgan fingerprint density at radius 1 is 1.33 bits per heavy atom. The third kappa shape index (κ3) is 4.20. The molecule has 4 aromatic rings. The number of carbonyl (C=O) groups excluding carboxylic acids is 2. The first kappa shape index (κ1) is 20.8. The number of nitrogens with zero attached hydrogens (tertiary/aromatic N) is 5. The molecule has 168 valence electrons. The van der Waals surface area contributed by atoms with Crippen LogP contribution in [0, 0.1) is 6.92 Å². The summed E-state index contributed by atoms with van der Waals surface area (Å²) in [6, 6.07) is 11.1. The number of hydrogen-bond acceptors (Lipinski definition) is 7. The molecule has 1 aromatic carbocycles. The maximum atomic E-state index is 12.9. The lowest BCUT2D eigenvalue weighted by Gasteiger charge is -2.21. The van der Waals surface area contributed by atoms with Crippen LogP contribution in [0.2, 0.25) is 0 Å². The summed E-state index contributed by atoms with van der Waals surface area (Å²) in [6.45, 7) is 2.71. The second-order valence-electron chi connectivity index (χ2n) is 7.81. The van der Waals surface area contributed by atoms with Crippen molar-refractivity contribution in [3.63, 3.8) is 0 Å². The number of benzene rings is 1. The van der Waals surface area contributed by atoms with Crippen molar-refractivity contribution in [2.45, 2.75) is 32.5 Å². The third-order valence-corrected chi connectivity index (χ3v) is 5.59. The van der Waals surface area contributed by atoms with E-state index in [0.29, 0.717) is 40.9 Å². The second kappa shape index (κ2) is 8.83. The van der Waals surface area contributed by atoms with E-state index in [1.807, 2.05) is 37.3 Å². The van der Waals surface area contributed by atoms with Crippen molar-refractivity contribution in [2.75, 3.05) is 11.9 Å². The van der Waals surface area contributed by atoms with Gasteiger partial charge in [-0.15, -0.1) is 0 Å². The molecule has 1 atom stereocenters. The van der Waals surface area contributed by atoms with Gasteiger partial charge in [0.15, 0.2) is 0 Å². The molecule has 33 heavy (non-hydrogen) atoms. The molecule has 3 aromatic heterocycles. The number of aryl methyl sites for hydroxylation is 1. The average molecular weight is 446 g/mol. The molecule has 10 heteroatoms. The number of nitrogens with one attached hydrogen (secondary N) is 1. The zero-order valence-corrected chi connectivity index (χ0v) is 18.0. The molecule has 0 unspecified atom stereocenters. The van der Waals surface area contributed by atoms with Crippen molar-refractivity contribution in [3.8, 4) is 11.4 Å². The number of rotatable bonds is 7.